The van der Waals surface area contributed by atoms with Crippen LogP contribution in [-0.2, 0) is 16.0 Å². The van der Waals surface area contributed by atoms with Crippen LogP contribution in [0.15, 0.2) is 120 Å². The van der Waals surface area contributed by atoms with E-state index in [0.29, 0.717) is 44.1 Å². The van der Waals surface area contributed by atoms with Crippen molar-refractivity contribution in [3.63, 3.8) is 0 Å². The molecule has 0 spiro atoms. The van der Waals surface area contributed by atoms with E-state index in [2.05, 4.69) is 36.5 Å². The van der Waals surface area contributed by atoms with E-state index in [1.165, 1.54) is 5.56 Å². The summed E-state index contributed by atoms with van der Waals surface area (Å²) in [5, 5.41) is 12.2. The Hall–Kier alpha value is -4.68. The fraction of sp³-hybridized carbons (Fsp3) is 0.243. The molecule has 6 heteroatoms. The van der Waals surface area contributed by atoms with Gasteiger partial charge in [0, 0.05) is 31.6 Å². The number of hydrogen-bond acceptors (Lipinski definition) is 5. The first kappa shape index (κ1) is 29.8. The van der Waals surface area contributed by atoms with Gasteiger partial charge in [0.05, 0.1) is 6.61 Å². The Kier molecular flexibility index (Phi) is 10.0. The highest BCUT2D eigenvalue weighted by atomic mass is 16.5. The Balaban J connectivity index is 1.46. The fourth-order valence-electron chi connectivity index (χ4n) is 5.11. The highest BCUT2D eigenvalue weighted by Gasteiger charge is 2.52. The van der Waals surface area contributed by atoms with E-state index >= 15 is 0 Å². The average Bonchev–Trinajstić information content (AvgIpc) is 3.44. The van der Waals surface area contributed by atoms with Crippen LogP contribution in [0.2, 0.25) is 0 Å². The molecule has 1 heterocycles. The monoisotopic (exact) mass is 574 g/mol. The normalized spacial score (nSPS) is 17.8. The van der Waals surface area contributed by atoms with Gasteiger partial charge >= 0.3 is 0 Å². The van der Waals surface area contributed by atoms with Crippen molar-refractivity contribution in [1.82, 2.24) is 5.32 Å². The van der Waals surface area contributed by atoms with Gasteiger partial charge in [-0.3, -0.25) is 4.79 Å². The number of aliphatic hydroxyl groups excluding tert-OH is 1. The minimum atomic E-state index is -1.22. The van der Waals surface area contributed by atoms with Crippen molar-refractivity contribution >= 4 is 17.9 Å². The molecule has 0 aliphatic carbocycles. The van der Waals surface area contributed by atoms with E-state index in [4.69, 9.17) is 19.6 Å². The molecule has 0 radical (unpaired) electrons. The van der Waals surface area contributed by atoms with Crippen molar-refractivity contribution in [3.8, 4) is 5.75 Å². The number of nitrogens with zero attached hydrogens (tertiary/aromatic N) is 1. The number of aliphatic imine (C=N–C) groups is 1. The third-order valence-corrected chi connectivity index (χ3v) is 7.49. The lowest BCUT2D eigenvalue weighted by molar-refractivity contribution is -0.128. The van der Waals surface area contributed by atoms with Crippen molar-refractivity contribution in [2.45, 2.75) is 37.8 Å². The van der Waals surface area contributed by atoms with Crippen LogP contribution in [0.25, 0.3) is 6.08 Å². The number of nitrogens with one attached hydrogen (secondary N) is 1. The summed E-state index contributed by atoms with van der Waals surface area (Å²) in [5.74, 6) is 0.934. The molecule has 2 N–H and O–H groups in total. The molecule has 0 fully saturated rings. The number of benzene rings is 4. The van der Waals surface area contributed by atoms with Gasteiger partial charge in [0.25, 0.3) is 5.91 Å². The second-order valence-electron chi connectivity index (χ2n) is 10.7. The predicted molar refractivity (Wildman–Crippen MR) is 171 cm³/mol. The zero-order chi connectivity index (χ0) is 29.9. The van der Waals surface area contributed by atoms with Crippen LogP contribution in [0.1, 0.15) is 46.8 Å². The van der Waals surface area contributed by atoms with Gasteiger partial charge in [-0.15, -0.1) is 0 Å². The number of ether oxygens (including phenoxy) is 2. The van der Waals surface area contributed by atoms with Crippen LogP contribution in [0.4, 0.5) is 0 Å². The minimum Gasteiger partial charge on any atom is -0.494 e. The molecule has 1 aliphatic rings. The summed E-state index contributed by atoms with van der Waals surface area (Å²) in [7, 11) is 0. The molecule has 1 amide bonds. The first-order valence-corrected chi connectivity index (χ1v) is 14.8. The molecule has 6 nitrogen and oxygen atoms in total. The van der Waals surface area contributed by atoms with E-state index in [-0.39, 0.29) is 12.5 Å². The molecule has 1 aliphatic heterocycles. The smallest absolute Gasteiger partial charge is 0.252 e. The molecule has 4 aromatic carbocycles. The van der Waals surface area contributed by atoms with E-state index in [0.717, 1.165) is 22.3 Å². The molecule has 0 saturated carbocycles. The van der Waals surface area contributed by atoms with Crippen molar-refractivity contribution in [1.29, 1.82) is 0 Å². The summed E-state index contributed by atoms with van der Waals surface area (Å²) in [6, 6.07) is 35.7. The van der Waals surface area contributed by atoms with E-state index in [9.17, 15) is 4.79 Å². The number of carbonyl (C=O) groups excluding carboxylic acids is 1. The Bertz CT molecular complexity index is 1520. The Labute approximate surface area is 253 Å². The zero-order valence-corrected chi connectivity index (χ0v) is 24.5. The lowest BCUT2D eigenvalue weighted by Gasteiger charge is -2.29. The molecular formula is C37H38N2O4. The van der Waals surface area contributed by atoms with E-state index in [1.807, 2.05) is 97.1 Å². The summed E-state index contributed by atoms with van der Waals surface area (Å²) in [6.07, 6.45) is 5.04. The fourth-order valence-corrected chi connectivity index (χ4v) is 5.11. The third kappa shape index (κ3) is 7.59. The molecule has 5 rings (SSSR count). The van der Waals surface area contributed by atoms with Crippen LogP contribution in [0, 0.1) is 6.92 Å². The van der Waals surface area contributed by atoms with E-state index < -0.39 is 11.6 Å². The largest absolute Gasteiger partial charge is 0.494 e. The van der Waals surface area contributed by atoms with Crippen molar-refractivity contribution in [3.05, 3.63) is 143 Å². The topological polar surface area (TPSA) is 80.2 Å². The Morgan fingerprint density at radius 1 is 0.953 bits per heavy atom. The third-order valence-electron chi connectivity index (χ3n) is 7.49. The van der Waals surface area contributed by atoms with Crippen molar-refractivity contribution < 1.29 is 19.4 Å². The molecule has 220 valence electrons. The lowest BCUT2D eigenvalue weighted by Crippen LogP contribution is -2.48. The zero-order valence-electron chi connectivity index (χ0n) is 24.5. The second-order valence-corrected chi connectivity index (χ2v) is 10.7. The molecule has 0 saturated heterocycles. The Morgan fingerprint density at radius 2 is 1.65 bits per heavy atom. The van der Waals surface area contributed by atoms with Gasteiger partial charge in [-0.25, -0.2) is 4.99 Å². The molecular weight excluding hydrogens is 536 g/mol. The highest BCUT2D eigenvalue weighted by Crippen LogP contribution is 2.43. The summed E-state index contributed by atoms with van der Waals surface area (Å²) >= 11 is 0. The van der Waals surface area contributed by atoms with Gasteiger partial charge in [0.15, 0.2) is 11.6 Å². The first-order valence-electron chi connectivity index (χ1n) is 14.8. The molecule has 0 bridgehead atoms. The maximum atomic E-state index is 14.2. The molecule has 4 aromatic rings. The van der Waals surface area contributed by atoms with Crippen LogP contribution >= 0.6 is 0 Å². The van der Waals surface area contributed by atoms with Gasteiger partial charge in [-0.1, -0.05) is 103 Å². The number of amides is 1. The lowest BCUT2D eigenvalue weighted by atomic mass is 9.84. The summed E-state index contributed by atoms with van der Waals surface area (Å²) in [5.41, 5.74) is 3.84. The number of aryl methyl sites for hydroxylation is 1. The Morgan fingerprint density at radius 3 is 2.35 bits per heavy atom. The first-order chi connectivity index (χ1) is 21.1. The molecule has 0 unspecified atom stereocenters. The predicted octanol–water partition coefficient (Wildman–Crippen LogP) is 6.48. The van der Waals surface area contributed by atoms with Crippen molar-refractivity contribution in [2.24, 2.45) is 4.99 Å². The molecule has 2 atom stereocenters. The van der Waals surface area contributed by atoms with Gasteiger partial charge in [-0.05, 0) is 54.3 Å². The number of hydrogen-bond donors (Lipinski definition) is 2. The van der Waals surface area contributed by atoms with Crippen LogP contribution in [0.5, 0.6) is 5.75 Å². The standard InChI is InChI=1S/C37H38N2O4/c1-28-15-17-30(18-16-28)23-25-38-36(41)37(24-8-12-29-10-4-2-5-11-29)34(31-13-6-3-7-14-31)43-35(39-37)32-19-21-33(22-20-32)42-27-9-26-40/h2-8,10-22,34,40H,9,23-27H2,1H3,(H,38,41)/b12-8+/t34-,37-/m1/s1. The van der Waals surface area contributed by atoms with Crippen LogP contribution < -0.4 is 10.1 Å². The molecule has 0 aromatic heterocycles. The maximum absolute atomic E-state index is 14.2. The number of carbonyl (C=O) groups is 1. The minimum absolute atomic E-state index is 0.0808. The van der Waals surface area contributed by atoms with Gasteiger partial charge in [0.1, 0.15) is 5.75 Å². The van der Waals surface area contributed by atoms with Gasteiger partial charge < -0.3 is 19.9 Å². The number of rotatable bonds is 13. The summed E-state index contributed by atoms with van der Waals surface area (Å²) < 4.78 is 12.3. The van der Waals surface area contributed by atoms with Crippen molar-refractivity contribution in [2.75, 3.05) is 19.8 Å². The van der Waals surface area contributed by atoms with Gasteiger partial charge in [0.2, 0.25) is 5.90 Å². The van der Waals surface area contributed by atoms with Gasteiger partial charge in [-0.2, -0.15) is 0 Å². The maximum Gasteiger partial charge on any atom is 0.252 e. The highest BCUT2D eigenvalue weighted by molar-refractivity contribution is 6.01. The number of aliphatic hydroxyl groups is 1. The molecule has 43 heavy (non-hydrogen) atoms. The summed E-state index contributed by atoms with van der Waals surface area (Å²) in [4.78, 5) is 19.3. The van der Waals surface area contributed by atoms with Crippen LogP contribution in [-0.4, -0.2) is 42.2 Å². The summed E-state index contributed by atoms with van der Waals surface area (Å²) in [6.45, 7) is 3.06. The average molecular weight is 575 g/mol. The van der Waals surface area contributed by atoms with Crippen LogP contribution in [0.3, 0.4) is 0 Å². The SMILES string of the molecule is Cc1ccc(CCNC(=O)[C@]2(C/C=C/c3ccccc3)N=C(c3ccc(OCCCO)cc3)O[C@@H]2c2ccccc2)cc1. The quantitative estimate of drug-likeness (QED) is 0.179. The second kappa shape index (κ2) is 14.5. The van der Waals surface area contributed by atoms with E-state index in [1.54, 1.807) is 0 Å².